The molecule has 8 N–H and O–H groups in total. The van der Waals surface area contributed by atoms with Crippen LogP contribution in [0.1, 0.15) is 148 Å². The topological polar surface area (TPSA) is 356 Å². The summed E-state index contributed by atoms with van der Waals surface area (Å²) in [7, 11) is -8.21. The fourth-order valence-electron chi connectivity index (χ4n) is 13.1. The molecule has 2 aliphatic heterocycles. The maximum absolute atomic E-state index is 14.2. The molecule has 512 valence electrons. The van der Waals surface area contributed by atoms with Gasteiger partial charge in [-0.05, 0) is 133 Å². The molecule has 93 heavy (non-hydrogen) atoms. The number of amides is 8. The number of sulfonamides is 2. The van der Waals surface area contributed by atoms with Crippen molar-refractivity contribution in [3.8, 4) is 0 Å². The first-order valence-electron chi connectivity index (χ1n) is 32.0. The number of ketones is 2. The van der Waals surface area contributed by atoms with E-state index in [0.29, 0.717) is 25.9 Å². The summed E-state index contributed by atoms with van der Waals surface area (Å²) >= 11 is 0. The Kier molecular flexibility index (Phi) is 21.3. The van der Waals surface area contributed by atoms with Gasteiger partial charge in [0.05, 0.1) is 21.9 Å². The number of rotatable bonds is 21. The molecule has 0 radical (unpaired) electrons. The number of fused-ring (bicyclic) bond motifs is 2. The molecule has 0 unspecified atom stereocenters. The second kappa shape index (κ2) is 26.9. The van der Waals surface area contributed by atoms with Crippen molar-refractivity contribution < 1.29 is 64.8 Å². The summed E-state index contributed by atoms with van der Waals surface area (Å²) < 4.78 is 55.1. The Bertz CT molecular complexity index is 3510. The zero-order valence-corrected chi connectivity index (χ0v) is 58.2. The van der Waals surface area contributed by atoms with E-state index in [2.05, 4.69) is 49.6 Å². The van der Waals surface area contributed by atoms with Crippen LogP contribution in [0.25, 0.3) is 0 Å². The third-order valence-electron chi connectivity index (χ3n) is 20.1. The van der Waals surface area contributed by atoms with Gasteiger partial charge in [-0.15, -0.1) is 12.4 Å². The van der Waals surface area contributed by atoms with Crippen LogP contribution in [0.5, 0.6) is 0 Å². The van der Waals surface area contributed by atoms with Gasteiger partial charge < -0.3 is 36.8 Å². The third-order valence-corrected chi connectivity index (χ3v) is 22.8. The molecule has 2 saturated heterocycles. The number of carbonyl (C=O) groups excluding carboxylic acids is 10. The molecule has 8 aliphatic rings. The van der Waals surface area contributed by atoms with Crippen molar-refractivity contribution in [3.05, 3.63) is 60.7 Å². The molecule has 6 saturated carbocycles. The van der Waals surface area contributed by atoms with E-state index in [1.165, 1.54) is 35.2 Å². The Morgan fingerprint density at radius 1 is 0.581 bits per heavy atom. The van der Waals surface area contributed by atoms with E-state index >= 15 is 0 Å². The number of hydrogen-bond donors (Lipinski definition) is 7. The highest BCUT2D eigenvalue weighted by Crippen LogP contribution is 2.66. The van der Waals surface area contributed by atoms with Gasteiger partial charge in [0.15, 0.2) is 11.6 Å². The van der Waals surface area contributed by atoms with Crippen molar-refractivity contribution in [2.75, 3.05) is 13.1 Å². The highest BCUT2D eigenvalue weighted by atomic mass is 35.5. The van der Waals surface area contributed by atoms with E-state index in [1.54, 1.807) is 41.3 Å². The molecule has 0 bridgehead atoms. The number of carbonyl (C=O) groups is 9. The maximum atomic E-state index is 14.2. The molecule has 2 aromatic rings. The first-order valence-corrected chi connectivity index (χ1v) is 35.0. The molecule has 27 heteroatoms. The number of aliphatic imine (C=N–C) groups is 1. The van der Waals surface area contributed by atoms with Crippen LogP contribution in [0.3, 0.4) is 0 Å². The normalized spacial score (nSPS) is 25.0. The molecule has 8 fully saturated rings. The van der Waals surface area contributed by atoms with Gasteiger partial charge in [0, 0.05) is 24.9 Å². The lowest BCUT2D eigenvalue weighted by Crippen LogP contribution is -2.62. The Morgan fingerprint density at radius 2 is 0.968 bits per heavy atom. The van der Waals surface area contributed by atoms with E-state index in [9.17, 15) is 64.8 Å². The smallest absolute Gasteiger partial charge is 0.316 e. The number of hydrogen-bond acceptors (Lipinski definition) is 16. The number of likely N-dealkylation sites (tertiary alicyclic amines) is 2. The number of nitrogens with two attached hydrogens (primary N) is 1. The fourth-order valence-corrected chi connectivity index (χ4v) is 15.3. The molecule has 2 heterocycles. The molecule has 2 aromatic carbocycles. The zero-order valence-electron chi connectivity index (χ0n) is 55.8. The van der Waals surface area contributed by atoms with Gasteiger partial charge in [-0.1, -0.05) is 133 Å². The van der Waals surface area contributed by atoms with E-state index in [4.69, 9.17) is 5.73 Å². The first kappa shape index (κ1) is 73.8. The molecular weight excluding hydrogens is 1260 g/mol. The average molecular weight is 1350 g/mol. The standard InChI is InChI=1S/C33H47N5O7S.C24H34N4O5S.C9H13NO2.ClH/c1-18(2)23(25(39)19-13-14-19)34-30(43)35-26(31(3,4)5)28(41)38-17-21-22(32(21,6)7)24(38)27(40)36-33(15-16-33)29(42)37-46(44,45)20-11-9-8-10-12-20;1-22(2,3)18(25)20(30)28-13-15-16(23(15,4)5)17(28)19(29)26-24(11-12-24)21(31)27-34(32,33)14-9-7-6-8-10-14;1-6(2)8(10-5-11)9(12)7-3-4-7;/h8-12,18-19,21-24,26H,13-17H2,1-7H3,(H,36,40)(H,37,42)(H2,34,35,43);6-10,15-18H,11-13,25H2,1-5H3,(H,26,29)(H,27,31);6-8H,3-4H2,1-2H3;1H/t21-,22-,23-,24-,26+;15-,16-,17-,18+;8-;/m000./s1. The van der Waals surface area contributed by atoms with Crippen LogP contribution in [0.15, 0.2) is 75.4 Å². The summed E-state index contributed by atoms with van der Waals surface area (Å²) in [5, 5.41) is 11.2. The number of benzene rings is 2. The van der Waals surface area contributed by atoms with Crippen molar-refractivity contribution >= 4 is 91.6 Å². The zero-order chi connectivity index (χ0) is 68.4. The van der Waals surface area contributed by atoms with Crippen LogP contribution >= 0.6 is 12.4 Å². The highest BCUT2D eigenvalue weighted by molar-refractivity contribution is 7.90. The Morgan fingerprint density at radius 3 is 1.30 bits per heavy atom. The molecule has 24 nitrogen and oxygen atoms in total. The minimum Gasteiger partial charge on any atom is -0.340 e. The van der Waals surface area contributed by atoms with E-state index in [-0.39, 0.29) is 111 Å². The molecule has 10 rings (SSSR count). The minimum absolute atomic E-state index is 0. The summed E-state index contributed by atoms with van der Waals surface area (Å²) in [4.78, 5) is 135. The number of urea groups is 1. The largest absolute Gasteiger partial charge is 0.340 e. The number of nitrogens with zero attached hydrogens (tertiary/aromatic N) is 3. The van der Waals surface area contributed by atoms with Gasteiger partial charge in [0.2, 0.25) is 29.7 Å². The van der Waals surface area contributed by atoms with Gasteiger partial charge >= 0.3 is 6.03 Å². The van der Waals surface area contributed by atoms with E-state index in [1.807, 2.05) is 83.1 Å². The van der Waals surface area contributed by atoms with Crippen molar-refractivity contribution in [2.45, 2.75) is 205 Å². The molecule has 8 amide bonds. The summed E-state index contributed by atoms with van der Waals surface area (Å²) in [6.07, 6.45) is 6.21. The van der Waals surface area contributed by atoms with Crippen LogP contribution in [-0.2, 0) is 63.2 Å². The maximum Gasteiger partial charge on any atom is 0.316 e. The van der Waals surface area contributed by atoms with Gasteiger partial charge in [0.25, 0.3) is 31.9 Å². The Labute approximate surface area is 553 Å². The summed E-state index contributed by atoms with van der Waals surface area (Å²) in [6.45, 7) is 27.6. The number of Topliss-reactive ketones (excluding diaryl/α,β-unsaturated/α-hetero) is 2. The van der Waals surface area contributed by atoms with Crippen molar-refractivity contribution in [3.63, 3.8) is 0 Å². The predicted molar refractivity (Wildman–Crippen MR) is 347 cm³/mol. The van der Waals surface area contributed by atoms with Crippen LogP contribution < -0.4 is 36.4 Å². The van der Waals surface area contributed by atoms with Crippen molar-refractivity contribution in [1.82, 2.24) is 40.5 Å². The second-order valence-corrected chi connectivity index (χ2v) is 34.0. The van der Waals surface area contributed by atoms with Gasteiger partial charge in [0.1, 0.15) is 35.2 Å². The van der Waals surface area contributed by atoms with Gasteiger partial charge in [-0.2, -0.15) is 4.99 Å². The van der Waals surface area contributed by atoms with Crippen LogP contribution in [-0.4, -0.2) is 146 Å². The van der Waals surface area contributed by atoms with Crippen molar-refractivity contribution in [1.29, 1.82) is 0 Å². The Hall–Kier alpha value is -6.60. The lowest BCUT2D eigenvalue weighted by molar-refractivity contribution is -0.144. The second-order valence-electron chi connectivity index (χ2n) is 30.7. The predicted octanol–water partition coefficient (Wildman–Crippen LogP) is 5.09. The number of piperidine rings is 2. The molecule has 6 aliphatic carbocycles. The quantitative estimate of drug-likeness (QED) is 0.0633. The molecule has 10 atom stereocenters. The monoisotopic (exact) mass is 1350 g/mol. The number of nitrogens with one attached hydrogen (secondary N) is 6. The molecular formula is C66H95ClN10O14S2. The van der Waals surface area contributed by atoms with Gasteiger partial charge in [-0.25, -0.2) is 35.9 Å². The van der Waals surface area contributed by atoms with Crippen molar-refractivity contribution in [2.24, 2.45) is 79.7 Å². The number of isocyanates is 1. The van der Waals surface area contributed by atoms with Gasteiger partial charge in [-0.3, -0.25) is 38.4 Å². The van der Waals surface area contributed by atoms with E-state index < -0.39 is 114 Å². The van der Waals surface area contributed by atoms with Crippen LogP contribution in [0.4, 0.5) is 4.79 Å². The average Bonchev–Trinajstić information content (AvgIpc) is 1.53. The summed E-state index contributed by atoms with van der Waals surface area (Å²) in [6, 6.07) is 9.93. The summed E-state index contributed by atoms with van der Waals surface area (Å²) in [5.74, 6) is -2.99. The first-order chi connectivity index (χ1) is 42.6. The lowest BCUT2D eigenvalue weighted by atomic mass is 9.85. The SMILES string of the molecule is CC(C)(C)[C@H](N)C(=O)N1C[C@H]2[C@@H]([C@H]1C(=O)NC1(C(=O)NS(=O)(=O)c3ccccc3)CC1)C2(C)C.CC(C)[C@H](N=C=O)C(=O)C1CC1.CC(C)[C@H](NC(=O)N[C@H](C(=O)N1C[C@H]2[C@@H]([C@H]1C(=O)NC1(C(=O)NS(=O)(=O)c3ccccc3)CC1)C2(C)C)C(C)(C)C)C(=O)C1CC1.Cl. The fraction of sp³-hybridized carbons (Fsp3) is 0.667. The minimum atomic E-state index is -4.15. The number of halogens is 1. The van der Waals surface area contributed by atoms with E-state index in [0.717, 1.165) is 25.7 Å². The highest BCUT2D eigenvalue weighted by Gasteiger charge is 2.72. The molecule has 0 aromatic heterocycles. The molecule has 0 spiro atoms. The Balaban J connectivity index is 0.000000228. The van der Waals surface area contributed by atoms with Crippen LogP contribution in [0.2, 0.25) is 0 Å². The lowest BCUT2D eigenvalue weighted by Gasteiger charge is -2.38. The summed E-state index contributed by atoms with van der Waals surface area (Å²) in [5.41, 5.74) is 2.01. The van der Waals surface area contributed by atoms with Crippen LogP contribution in [0, 0.1) is 69.0 Å². The third kappa shape index (κ3) is 16.0.